The van der Waals surface area contributed by atoms with Crippen LogP contribution in [0.2, 0.25) is 0 Å². The second-order valence-electron chi connectivity index (χ2n) is 3.47. The Morgan fingerprint density at radius 1 is 1.43 bits per heavy atom. The summed E-state index contributed by atoms with van der Waals surface area (Å²) < 4.78 is 0. The summed E-state index contributed by atoms with van der Waals surface area (Å²) in [5.74, 6) is 0.991. The highest BCUT2D eigenvalue weighted by molar-refractivity contribution is 5.92. The Hall–Kier alpha value is -1.43. The van der Waals surface area contributed by atoms with Crippen LogP contribution >= 0.6 is 0 Å². The Bertz CT molecular complexity index is 298. The Morgan fingerprint density at radius 3 is 2.71 bits per heavy atom. The molecule has 1 aliphatic heterocycles. The van der Waals surface area contributed by atoms with E-state index in [0.29, 0.717) is 11.7 Å². The molecule has 2 N–H and O–H groups in total. The molecule has 2 heterocycles. The van der Waals surface area contributed by atoms with E-state index in [1.807, 2.05) is 4.90 Å². The van der Waals surface area contributed by atoms with Crippen molar-refractivity contribution in [2.24, 2.45) is 0 Å². The van der Waals surface area contributed by atoms with Crippen LogP contribution in [0.1, 0.15) is 5.82 Å². The molecule has 1 aromatic rings. The number of hydrogen-bond donors (Lipinski definition) is 2. The van der Waals surface area contributed by atoms with E-state index in [9.17, 15) is 0 Å². The van der Waals surface area contributed by atoms with E-state index in [1.165, 1.54) is 6.33 Å². The lowest BCUT2D eigenvalue weighted by atomic mass is 10.3. The highest BCUT2D eigenvalue weighted by Gasteiger charge is 2.18. The molecule has 0 atom stereocenters. The first-order valence-corrected chi connectivity index (χ1v) is 4.65. The highest BCUT2D eigenvalue weighted by atomic mass is 15.3. The third-order valence-corrected chi connectivity index (χ3v) is 2.46. The van der Waals surface area contributed by atoms with Crippen molar-refractivity contribution in [3.05, 3.63) is 12.2 Å². The minimum absolute atomic E-state index is 0.440. The van der Waals surface area contributed by atoms with Gasteiger partial charge in [-0.1, -0.05) is 0 Å². The lowest BCUT2D eigenvalue weighted by Gasteiger charge is -2.33. The van der Waals surface area contributed by atoms with Gasteiger partial charge in [-0.05, 0) is 7.05 Å². The van der Waals surface area contributed by atoms with Gasteiger partial charge in [-0.2, -0.15) is 5.10 Å². The largest absolute Gasteiger partial charge is 0.351 e. The zero-order valence-electron chi connectivity index (χ0n) is 8.19. The quantitative estimate of drug-likeness (QED) is 0.461. The van der Waals surface area contributed by atoms with Gasteiger partial charge in [0.15, 0.2) is 11.7 Å². The average Bonchev–Trinajstić information content (AvgIpc) is 2.71. The van der Waals surface area contributed by atoms with Gasteiger partial charge in [0, 0.05) is 26.2 Å². The maximum atomic E-state index is 7.88. The summed E-state index contributed by atoms with van der Waals surface area (Å²) in [6.07, 6.45) is 1.43. The van der Waals surface area contributed by atoms with E-state index < -0.39 is 0 Å². The van der Waals surface area contributed by atoms with Gasteiger partial charge in [0.2, 0.25) is 0 Å². The molecule has 1 saturated heterocycles. The zero-order valence-corrected chi connectivity index (χ0v) is 8.19. The summed E-state index contributed by atoms with van der Waals surface area (Å²) in [6.45, 7) is 3.76. The third kappa shape index (κ3) is 1.74. The summed E-state index contributed by atoms with van der Waals surface area (Å²) in [5.41, 5.74) is 0. The number of aromatic nitrogens is 3. The molecule has 1 aromatic heterocycles. The molecule has 0 radical (unpaired) electrons. The molecule has 2 rings (SSSR count). The van der Waals surface area contributed by atoms with E-state index in [1.54, 1.807) is 0 Å². The Kier molecular flexibility index (Phi) is 2.45. The molecule has 0 saturated carbocycles. The fourth-order valence-electron chi connectivity index (χ4n) is 1.50. The van der Waals surface area contributed by atoms with Gasteiger partial charge in [-0.25, -0.2) is 4.98 Å². The van der Waals surface area contributed by atoms with Crippen molar-refractivity contribution >= 4 is 5.84 Å². The molecule has 0 aromatic carbocycles. The minimum Gasteiger partial charge on any atom is -0.351 e. The molecule has 1 aliphatic rings. The summed E-state index contributed by atoms with van der Waals surface area (Å²) in [6, 6.07) is 0. The summed E-state index contributed by atoms with van der Waals surface area (Å²) in [4.78, 5) is 8.23. The van der Waals surface area contributed by atoms with Crippen LogP contribution in [0.15, 0.2) is 6.33 Å². The molecule has 0 spiro atoms. The number of H-pyrrole nitrogens is 1. The fraction of sp³-hybridized carbons (Fsp3) is 0.625. The van der Waals surface area contributed by atoms with Crippen LogP contribution in [-0.4, -0.2) is 64.0 Å². The number of hydrogen-bond acceptors (Lipinski definition) is 4. The maximum Gasteiger partial charge on any atom is 0.190 e. The van der Waals surface area contributed by atoms with Crippen LogP contribution in [0, 0.1) is 5.41 Å². The molecule has 0 bridgehead atoms. The van der Waals surface area contributed by atoms with Crippen LogP contribution < -0.4 is 0 Å². The first-order chi connectivity index (χ1) is 6.77. The van der Waals surface area contributed by atoms with Crippen LogP contribution in [-0.2, 0) is 0 Å². The number of aromatic amines is 1. The molecule has 14 heavy (non-hydrogen) atoms. The normalized spacial score (nSPS) is 18.5. The topological polar surface area (TPSA) is 71.9 Å². The van der Waals surface area contributed by atoms with Gasteiger partial charge in [0.1, 0.15) is 6.33 Å². The Morgan fingerprint density at radius 2 is 2.14 bits per heavy atom. The van der Waals surface area contributed by atoms with Crippen molar-refractivity contribution in [3.8, 4) is 0 Å². The van der Waals surface area contributed by atoms with Crippen LogP contribution in [0.4, 0.5) is 0 Å². The number of nitrogens with one attached hydrogen (secondary N) is 2. The van der Waals surface area contributed by atoms with E-state index in [-0.39, 0.29) is 0 Å². The first kappa shape index (κ1) is 9.14. The second-order valence-corrected chi connectivity index (χ2v) is 3.47. The second kappa shape index (κ2) is 3.75. The predicted octanol–water partition coefficient (Wildman–Crippen LogP) is -0.623. The van der Waals surface area contributed by atoms with Gasteiger partial charge in [0.25, 0.3) is 0 Å². The molecule has 0 aliphatic carbocycles. The molecule has 0 unspecified atom stereocenters. The SMILES string of the molecule is CN1CCN(C(=N)c2ncn[nH]2)CC1. The smallest absolute Gasteiger partial charge is 0.190 e. The van der Waals surface area contributed by atoms with Crippen LogP contribution in [0.25, 0.3) is 0 Å². The first-order valence-electron chi connectivity index (χ1n) is 4.65. The summed E-state index contributed by atoms with van der Waals surface area (Å²) in [5, 5.41) is 14.3. The number of likely N-dealkylation sites (N-methyl/N-ethyl adjacent to an activating group) is 1. The Labute approximate surface area is 82.4 Å². The highest BCUT2D eigenvalue weighted by Crippen LogP contribution is 2.02. The van der Waals surface area contributed by atoms with Gasteiger partial charge >= 0.3 is 0 Å². The van der Waals surface area contributed by atoms with Gasteiger partial charge < -0.3 is 9.80 Å². The van der Waals surface area contributed by atoms with Crippen molar-refractivity contribution in [2.75, 3.05) is 33.2 Å². The minimum atomic E-state index is 0.440. The number of piperazine rings is 1. The molecule has 6 nitrogen and oxygen atoms in total. The monoisotopic (exact) mass is 194 g/mol. The Balaban J connectivity index is 1.99. The van der Waals surface area contributed by atoms with E-state index >= 15 is 0 Å². The van der Waals surface area contributed by atoms with Crippen LogP contribution in [0.3, 0.4) is 0 Å². The molecule has 1 fully saturated rings. The lowest BCUT2D eigenvalue weighted by Crippen LogP contribution is -2.47. The number of amidine groups is 1. The molecule has 76 valence electrons. The summed E-state index contributed by atoms with van der Waals surface area (Å²) >= 11 is 0. The van der Waals surface area contributed by atoms with Crippen molar-refractivity contribution in [1.29, 1.82) is 5.41 Å². The van der Waals surface area contributed by atoms with Gasteiger partial charge in [0.05, 0.1) is 0 Å². The van der Waals surface area contributed by atoms with E-state index in [2.05, 4.69) is 27.1 Å². The van der Waals surface area contributed by atoms with Crippen LogP contribution in [0.5, 0.6) is 0 Å². The number of rotatable bonds is 1. The molecular formula is C8H14N6. The standard InChI is InChI=1S/C8H14N6/c1-13-2-4-14(5-3-13)7(9)8-10-6-11-12-8/h6,9H,2-5H2,1H3,(H,10,11,12). The van der Waals surface area contributed by atoms with Crippen molar-refractivity contribution < 1.29 is 0 Å². The molecule has 0 amide bonds. The molecular weight excluding hydrogens is 180 g/mol. The summed E-state index contributed by atoms with van der Waals surface area (Å²) in [7, 11) is 2.09. The maximum absolute atomic E-state index is 7.88. The predicted molar refractivity (Wildman–Crippen MR) is 52.3 cm³/mol. The van der Waals surface area contributed by atoms with Gasteiger partial charge in [-0.15, -0.1) is 0 Å². The lowest BCUT2D eigenvalue weighted by molar-refractivity contribution is 0.214. The number of nitrogens with zero attached hydrogens (tertiary/aromatic N) is 4. The zero-order chi connectivity index (χ0) is 9.97. The van der Waals surface area contributed by atoms with Crippen molar-refractivity contribution in [3.63, 3.8) is 0 Å². The average molecular weight is 194 g/mol. The van der Waals surface area contributed by atoms with Gasteiger partial charge in [-0.3, -0.25) is 10.5 Å². The van der Waals surface area contributed by atoms with Crippen molar-refractivity contribution in [2.45, 2.75) is 0 Å². The van der Waals surface area contributed by atoms with Crippen molar-refractivity contribution in [1.82, 2.24) is 25.0 Å². The third-order valence-electron chi connectivity index (χ3n) is 2.46. The van der Waals surface area contributed by atoms with E-state index in [0.717, 1.165) is 26.2 Å². The molecule has 6 heteroatoms. The van der Waals surface area contributed by atoms with E-state index in [4.69, 9.17) is 5.41 Å². The fourth-order valence-corrected chi connectivity index (χ4v) is 1.50.